The number of benzene rings is 1. The molecule has 0 spiro atoms. The molecule has 6 heteroatoms. The second kappa shape index (κ2) is 5.03. The van der Waals surface area contributed by atoms with E-state index in [1.54, 1.807) is 11.0 Å². The van der Waals surface area contributed by atoms with Gasteiger partial charge in [0.05, 0.1) is 12.0 Å². The monoisotopic (exact) mass is 250 g/mol. The Labute approximate surface area is 104 Å². The van der Waals surface area contributed by atoms with Crippen LogP contribution in [0.3, 0.4) is 0 Å². The third-order valence-corrected chi connectivity index (χ3v) is 3.02. The van der Waals surface area contributed by atoms with E-state index in [9.17, 15) is 14.9 Å². The average Bonchev–Trinajstić information content (AvgIpc) is 2.90. The summed E-state index contributed by atoms with van der Waals surface area (Å²) >= 11 is 0. The molecule has 1 amide bonds. The number of nitro groups is 1. The molecule has 1 aliphatic rings. The molecule has 1 aliphatic heterocycles. The molecule has 1 saturated heterocycles. The molecule has 18 heavy (non-hydrogen) atoms. The van der Waals surface area contributed by atoms with E-state index in [0.29, 0.717) is 5.56 Å². The SMILES string of the molecule is COc1ccc(C(=O)N2CCCC2)cc1[N+](=O)[O-]. The minimum absolute atomic E-state index is 0.154. The first-order chi connectivity index (χ1) is 8.63. The van der Waals surface area contributed by atoms with Gasteiger partial charge in [-0.15, -0.1) is 0 Å². The summed E-state index contributed by atoms with van der Waals surface area (Å²) in [5, 5.41) is 10.9. The molecule has 1 aromatic carbocycles. The van der Waals surface area contributed by atoms with Crippen molar-refractivity contribution in [3.8, 4) is 5.75 Å². The standard InChI is InChI=1S/C12H14N2O4/c1-18-11-5-4-9(8-10(11)14(16)17)12(15)13-6-2-3-7-13/h4-5,8H,2-3,6-7H2,1H3. The van der Waals surface area contributed by atoms with Gasteiger partial charge in [-0.25, -0.2) is 0 Å². The Bertz CT molecular complexity index is 481. The summed E-state index contributed by atoms with van der Waals surface area (Å²) in [6.07, 6.45) is 1.98. The van der Waals surface area contributed by atoms with Crippen LogP contribution in [0, 0.1) is 10.1 Å². The lowest BCUT2D eigenvalue weighted by molar-refractivity contribution is -0.385. The second-order valence-corrected chi connectivity index (χ2v) is 4.14. The lowest BCUT2D eigenvalue weighted by Gasteiger charge is -2.15. The molecule has 1 aromatic rings. The van der Waals surface area contributed by atoms with Crippen LogP contribution in [0.1, 0.15) is 23.2 Å². The van der Waals surface area contributed by atoms with Crippen molar-refractivity contribution in [1.29, 1.82) is 0 Å². The van der Waals surface area contributed by atoms with Crippen molar-refractivity contribution in [1.82, 2.24) is 4.90 Å². The predicted octanol–water partition coefficient (Wildman–Crippen LogP) is 1.84. The molecule has 6 nitrogen and oxygen atoms in total. The highest BCUT2D eigenvalue weighted by Crippen LogP contribution is 2.28. The largest absolute Gasteiger partial charge is 0.490 e. The fourth-order valence-corrected chi connectivity index (χ4v) is 2.07. The zero-order chi connectivity index (χ0) is 13.1. The van der Waals surface area contributed by atoms with Gasteiger partial charge < -0.3 is 9.64 Å². The third-order valence-electron chi connectivity index (χ3n) is 3.02. The molecule has 0 aliphatic carbocycles. The Hall–Kier alpha value is -2.11. The van der Waals surface area contributed by atoms with Gasteiger partial charge in [-0.1, -0.05) is 0 Å². The van der Waals surface area contributed by atoms with Crippen molar-refractivity contribution in [2.24, 2.45) is 0 Å². The third kappa shape index (κ3) is 2.27. The first-order valence-corrected chi connectivity index (χ1v) is 5.75. The maximum Gasteiger partial charge on any atom is 0.311 e. The topological polar surface area (TPSA) is 72.7 Å². The van der Waals surface area contributed by atoms with Crippen LogP contribution in [-0.2, 0) is 0 Å². The minimum Gasteiger partial charge on any atom is -0.490 e. The summed E-state index contributed by atoms with van der Waals surface area (Å²) in [6, 6.07) is 4.30. The van der Waals surface area contributed by atoms with Crippen LogP contribution < -0.4 is 4.74 Å². The number of methoxy groups -OCH3 is 1. The number of carbonyl (C=O) groups is 1. The highest BCUT2D eigenvalue weighted by Gasteiger charge is 2.23. The highest BCUT2D eigenvalue weighted by molar-refractivity contribution is 5.95. The van der Waals surface area contributed by atoms with Crippen molar-refractivity contribution < 1.29 is 14.5 Å². The van der Waals surface area contributed by atoms with Crippen LogP contribution in [0.2, 0.25) is 0 Å². The van der Waals surface area contributed by atoms with Crippen LogP contribution >= 0.6 is 0 Å². The van der Waals surface area contributed by atoms with Crippen LogP contribution in [0.4, 0.5) is 5.69 Å². The first kappa shape index (κ1) is 12.3. The molecule has 0 bridgehead atoms. The molecule has 2 rings (SSSR count). The Morgan fingerprint density at radius 2 is 2.06 bits per heavy atom. The number of hydrogen-bond acceptors (Lipinski definition) is 4. The molecule has 0 N–H and O–H groups in total. The molecular formula is C12H14N2O4. The summed E-state index contributed by atoms with van der Waals surface area (Å²) in [5.41, 5.74) is 0.159. The van der Waals surface area contributed by atoms with Gasteiger partial charge in [0.1, 0.15) is 0 Å². The van der Waals surface area contributed by atoms with Gasteiger partial charge in [-0.3, -0.25) is 14.9 Å². The lowest BCUT2D eigenvalue weighted by Crippen LogP contribution is -2.27. The number of likely N-dealkylation sites (tertiary alicyclic amines) is 1. The number of rotatable bonds is 3. The number of hydrogen-bond donors (Lipinski definition) is 0. The summed E-state index contributed by atoms with van der Waals surface area (Å²) in [7, 11) is 1.37. The summed E-state index contributed by atoms with van der Waals surface area (Å²) in [5.74, 6) is 0.0104. The summed E-state index contributed by atoms with van der Waals surface area (Å²) in [6.45, 7) is 1.44. The molecule has 0 saturated carbocycles. The van der Waals surface area contributed by atoms with E-state index in [1.807, 2.05) is 0 Å². The molecule has 1 fully saturated rings. The van der Waals surface area contributed by atoms with E-state index in [4.69, 9.17) is 4.74 Å². The van der Waals surface area contributed by atoms with Crippen molar-refractivity contribution in [3.05, 3.63) is 33.9 Å². The second-order valence-electron chi connectivity index (χ2n) is 4.14. The van der Waals surface area contributed by atoms with Crippen molar-refractivity contribution >= 4 is 11.6 Å². The Morgan fingerprint density at radius 1 is 1.39 bits per heavy atom. The maximum atomic E-state index is 12.1. The van der Waals surface area contributed by atoms with Gasteiger partial charge in [0.2, 0.25) is 0 Å². The highest BCUT2D eigenvalue weighted by atomic mass is 16.6. The van der Waals surface area contributed by atoms with Crippen molar-refractivity contribution in [3.63, 3.8) is 0 Å². The van der Waals surface area contributed by atoms with Crippen LogP contribution in [-0.4, -0.2) is 35.9 Å². The number of ether oxygens (including phenoxy) is 1. The van der Waals surface area contributed by atoms with Crippen LogP contribution in [0.5, 0.6) is 5.75 Å². The molecule has 0 aromatic heterocycles. The van der Waals surface area contributed by atoms with Crippen LogP contribution in [0.15, 0.2) is 18.2 Å². The van der Waals surface area contributed by atoms with Gasteiger partial charge in [0, 0.05) is 24.7 Å². The van der Waals surface area contributed by atoms with E-state index >= 15 is 0 Å². The van der Waals surface area contributed by atoms with Gasteiger partial charge in [0.15, 0.2) is 5.75 Å². The van der Waals surface area contributed by atoms with Crippen molar-refractivity contribution in [2.45, 2.75) is 12.8 Å². The molecule has 96 valence electrons. The smallest absolute Gasteiger partial charge is 0.311 e. The zero-order valence-corrected chi connectivity index (χ0v) is 10.1. The van der Waals surface area contributed by atoms with E-state index < -0.39 is 4.92 Å². The van der Waals surface area contributed by atoms with Crippen LogP contribution in [0.25, 0.3) is 0 Å². The van der Waals surface area contributed by atoms with E-state index in [1.165, 1.54) is 19.2 Å². The van der Waals surface area contributed by atoms with Gasteiger partial charge in [-0.05, 0) is 25.0 Å². The molecule has 0 unspecified atom stereocenters. The van der Waals surface area contributed by atoms with Crippen molar-refractivity contribution in [2.75, 3.05) is 20.2 Å². The molecular weight excluding hydrogens is 236 g/mol. The fraction of sp³-hybridized carbons (Fsp3) is 0.417. The Morgan fingerprint density at radius 3 is 2.61 bits per heavy atom. The summed E-state index contributed by atoms with van der Waals surface area (Å²) < 4.78 is 4.90. The molecule has 0 atom stereocenters. The molecule has 0 radical (unpaired) electrons. The van der Waals surface area contributed by atoms with E-state index in [-0.39, 0.29) is 17.3 Å². The number of nitro benzene ring substituents is 1. The minimum atomic E-state index is -0.542. The number of amides is 1. The quantitative estimate of drug-likeness (QED) is 0.606. The van der Waals surface area contributed by atoms with Gasteiger partial charge in [-0.2, -0.15) is 0 Å². The number of nitrogens with zero attached hydrogens (tertiary/aromatic N) is 2. The number of carbonyl (C=O) groups excluding carboxylic acids is 1. The average molecular weight is 250 g/mol. The first-order valence-electron chi connectivity index (χ1n) is 5.75. The Balaban J connectivity index is 2.31. The van der Waals surface area contributed by atoms with Gasteiger partial charge in [0.25, 0.3) is 5.91 Å². The van der Waals surface area contributed by atoms with E-state index in [2.05, 4.69) is 0 Å². The summed E-state index contributed by atoms with van der Waals surface area (Å²) in [4.78, 5) is 24.1. The van der Waals surface area contributed by atoms with Gasteiger partial charge >= 0.3 is 5.69 Å². The fourth-order valence-electron chi connectivity index (χ4n) is 2.07. The zero-order valence-electron chi connectivity index (χ0n) is 10.1. The Kier molecular flexibility index (Phi) is 3.45. The normalized spacial score (nSPS) is 14.6. The van der Waals surface area contributed by atoms with E-state index in [0.717, 1.165) is 25.9 Å². The lowest BCUT2D eigenvalue weighted by atomic mass is 10.1. The molecule has 1 heterocycles. The predicted molar refractivity (Wildman–Crippen MR) is 64.8 cm³/mol. The maximum absolute atomic E-state index is 12.1.